The first kappa shape index (κ1) is 30.9. The summed E-state index contributed by atoms with van der Waals surface area (Å²) < 4.78 is 1.54. The highest BCUT2D eigenvalue weighted by Gasteiger charge is 2.28. The minimum Gasteiger partial charge on any atom is -0.507 e. The molecule has 1 heterocycles. The van der Waals surface area contributed by atoms with Crippen molar-refractivity contribution < 1.29 is 10.2 Å². The van der Waals surface area contributed by atoms with Gasteiger partial charge in [0.05, 0.1) is 6.54 Å². The molecular formula is C33H48N2O3S. The quantitative estimate of drug-likeness (QED) is 0.339. The first-order valence-corrected chi connectivity index (χ1v) is 14.7. The van der Waals surface area contributed by atoms with Crippen LogP contribution in [0.2, 0.25) is 0 Å². The fourth-order valence-corrected chi connectivity index (χ4v) is 5.64. The van der Waals surface area contributed by atoms with E-state index in [1.165, 1.54) is 11.3 Å². The summed E-state index contributed by atoms with van der Waals surface area (Å²) in [6.07, 6.45) is 1.39. The van der Waals surface area contributed by atoms with Crippen molar-refractivity contribution in [1.82, 2.24) is 9.78 Å². The van der Waals surface area contributed by atoms with Crippen LogP contribution in [0.4, 0.5) is 0 Å². The maximum Gasteiger partial charge on any atom is 0.325 e. The van der Waals surface area contributed by atoms with Crippen molar-refractivity contribution in [1.29, 1.82) is 0 Å². The smallest absolute Gasteiger partial charge is 0.325 e. The molecular weight excluding hydrogens is 504 g/mol. The predicted octanol–water partition coefficient (Wildman–Crippen LogP) is 7.74. The molecule has 0 saturated heterocycles. The summed E-state index contributed by atoms with van der Waals surface area (Å²) in [6.45, 7) is 25.6. The van der Waals surface area contributed by atoms with Crippen LogP contribution in [-0.4, -0.2) is 20.0 Å². The highest BCUT2D eigenvalue weighted by atomic mass is 32.1. The molecule has 0 aliphatic carbocycles. The third kappa shape index (κ3) is 7.13. The molecule has 0 radical (unpaired) electrons. The van der Waals surface area contributed by atoms with Crippen LogP contribution in [0.15, 0.2) is 29.1 Å². The summed E-state index contributed by atoms with van der Waals surface area (Å²) in [5.74, 6) is 0.717. The highest BCUT2D eigenvalue weighted by molar-refractivity contribution is 7.08. The summed E-state index contributed by atoms with van der Waals surface area (Å²) in [6, 6.07) is 8.22. The Morgan fingerprint density at radius 2 is 1.00 bits per heavy atom. The van der Waals surface area contributed by atoms with Crippen LogP contribution in [0.1, 0.15) is 121 Å². The van der Waals surface area contributed by atoms with E-state index in [0.29, 0.717) is 24.5 Å². The molecule has 2 N–H and O–H groups in total. The number of aromatic nitrogens is 2. The summed E-state index contributed by atoms with van der Waals surface area (Å²) in [5.41, 5.74) is 4.91. The molecule has 2 aromatic carbocycles. The van der Waals surface area contributed by atoms with Gasteiger partial charge in [-0.25, -0.2) is 4.68 Å². The molecule has 0 spiro atoms. The zero-order valence-corrected chi connectivity index (χ0v) is 26.9. The molecule has 214 valence electrons. The van der Waals surface area contributed by atoms with Gasteiger partial charge >= 0.3 is 4.87 Å². The molecule has 3 rings (SSSR count). The van der Waals surface area contributed by atoms with Crippen LogP contribution < -0.4 is 4.87 Å². The van der Waals surface area contributed by atoms with Gasteiger partial charge in [0, 0.05) is 6.42 Å². The van der Waals surface area contributed by atoms with Crippen molar-refractivity contribution >= 4 is 11.3 Å². The minimum absolute atomic E-state index is 0.0795. The number of rotatable bonds is 5. The molecule has 0 atom stereocenters. The Morgan fingerprint density at radius 3 is 1.36 bits per heavy atom. The molecule has 6 heteroatoms. The van der Waals surface area contributed by atoms with Crippen molar-refractivity contribution in [2.75, 3.05) is 0 Å². The lowest BCUT2D eigenvalue weighted by Crippen LogP contribution is -2.20. The molecule has 0 amide bonds. The lowest BCUT2D eigenvalue weighted by Gasteiger charge is -2.28. The summed E-state index contributed by atoms with van der Waals surface area (Å²) >= 11 is 1.20. The first-order valence-electron chi connectivity index (χ1n) is 13.9. The third-order valence-electron chi connectivity index (χ3n) is 7.18. The molecule has 5 nitrogen and oxygen atoms in total. The highest BCUT2D eigenvalue weighted by Crippen LogP contribution is 2.41. The molecule has 0 fully saturated rings. The number of nitrogens with zero attached hydrogens (tertiary/aromatic N) is 2. The summed E-state index contributed by atoms with van der Waals surface area (Å²) in [4.78, 5) is 12.9. The zero-order chi connectivity index (χ0) is 29.7. The zero-order valence-electron chi connectivity index (χ0n) is 26.0. The number of benzene rings is 2. The molecule has 39 heavy (non-hydrogen) atoms. The first-order chi connectivity index (χ1) is 17.6. The average Bonchev–Trinajstić information content (AvgIpc) is 3.09. The molecule has 0 aliphatic rings. The van der Waals surface area contributed by atoms with Gasteiger partial charge in [0.15, 0.2) is 0 Å². The fraction of sp³-hybridized carbons (Fsp3) is 0.576. The van der Waals surface area contributed by atoms with Crippen molar-refractivity contribution in [3.8, 4) is 11.5 Å². The Hall–Kier alpha value is -2.60. The lowest BCUT2D eigenvalue weighted by atomic mass is 9.78. The van der Waals surface area contributed by atoms with Crippen LogP contribution in [0.3, 0.4) is 0 Å². The summed E-state index contributed by atoms with van der Waals surface area (Å²) in [5, 5.41) is 27.6. The van der Waals surface area contributed by atoms with Crippen LogP contribution in [0, 0.1) is 0 Å². The van der Waals surface area contributed by atoms with E-state index < -0.39 is 0 Å². The molecule has 3 aromatic rings. The third-order valence-corrected chi connectivity index (χ3v) is 8.09. The number of aromatic hydroxyl groups is 2. The van der Waals surface area contributed by atoms with Crippen molar-refractivity contribution in [3.05, 3.63) is 72.3 Å². The molecule has 0 saturated carbocycles. The maximum atomic E-state index is 12.9. The van der Waals surface area contributed by atoms with Crippen LogP contribution in [0.25, 0.3) is 0 Å². The van der Waals surface area contributed by atoms with E-state index >= 15 is 0 Å². The minimum atomic E-state index is -0.236. The van der Waals surface area contributed by atoms with E-state index in [-0.39, 0.29) is 26.5 Å². The van der Waals surface area contributed by atoms with E-state index in [0.717, 1.165) is 44.8 Å². The lowest BCUT2D eigenvalue weighted by molar-refractivity contribution is 0.421. The molecule has 0 unspecified atom stereocenters. The van der Waals surface area contributed by atoms with Crippen LogP contribution in [-0.2, 0) is 41.0 Å². The van der Waals surface area contributed by atoms with E-state index in [2.05, 4.69) is 95.2 Å². The topological polar surface area (TPSA) is 75.3 Å². The van der Waals surface area contributed by atoms with Gasteiger partial charge in [0.25, 0.3) is 0 Å². The normalized spacial score (nSPS) is 13.2. The van der Waals surface area contributed by atoms with Gasteiger partial charge in [-0.3, -0.25) is 4.79 Å². The number of hydrogen-bond acceptors (Lipinski definition) is 5. The van der Waals surface area contributed by atoms with Gasteiger partial charge in [-0.1, -0.05) is 107 Å². The summed E-state index contributed by atoms with van der Waals surface area (Å²) in [7, 11) is 0. The van der Waals surface area contributed by atoms with Crippen LogP contribution in [0.5, 0.6) is 11.5 Å². The number of phenolic OH excluding ortho intramolecular Hbond substituents is 2. The Balaban J connectivity index is 1.92. The molecule has 0 bridgehead atoms. The van der Waals surface area contributed by atoms with Crippen LogP contribution >= 0.6 is 11.3 Å². The standard InChI is InChI=1S/C33H48N2O3S/c1-30(2,3)22-15-20(16-23(27(22)36)31(4,5)6)13-14-26-34-35(29(38)39-26)19-21-17-24(32(7,8)9)28(37)25(18-21)33(10,11)12/h15-18,36-37H,13-14,19H2,1-12H3. The van der Waals surface area contributed by atoms with E-state index in [1.54, 1.807) is 4.68 Å². The second-order valence-corrected chi connectivity index (χ2v) is 16.0. The van der Waals surface area contributed by atoms with Gasteiger partial charge in [-0.2, -0.15) is 5.10 Å². The largest absolute Gasteiger partial charge is 0.507 e. The van der Waals surface area contributed by atoms with E-state index in [1.807, 2.05) is 12.1 Å². The number of aryl methyl sites for hydroxylation is 2. The van der Waals surface area contributed by atoms with Gasteiger partial charge in [0.2, 0.25) is 0 Å². The Bertz CT molecular complexity index is 1330. The van der Waals surface area contributed by atoms with Crippen molar-refractivity contribution in [2.45, 2.75) is 124 Å². The predicted molar refractivity (Wildman–Crippen MR) is 164 cm³/mol. The average molecular weight is 553 g/mol. The second-order valence-electron chi connectivity index (χ2n) is 15.0. The van der Waals surface area contributed by atoms with Gasteiger partial charge in [-0.05, 0) is 73.6 Å². The maximum absolute atomic E-state index is 12.9. The Labute approximate surface area is 238 Å². The van der Waals surface area contributed by atoms with E-state index in [9.17, 15) is 15.0 Å². The number of phenols is 2. The van der Waals surface area contributed by atoms with Crippen molar-refractivity contribution in [2.24, 2.45) is 0 Å². The SMILES string of the molecule is CC(C)(C)c1cc(CCc2nn(Cc3cc(C(C)(C)C)c(O)c(C(C)(C)C)c3)c(=O)s2)cc(C(C)(C)C)c1O. The number of hydrogen-bond donors (Lipinski definition) is 2. The van der Waals surface area contributed by atoms with Crippen molar-refractivity contribution in [3.63, 3.8) is 0 Å². The van der Waals surface area contributed by atoms with Gasteiger partial charge < -0.3 is 10.2 Å². The molecule has 0 aliphatic heterocycles. The Kier molecular flexibility index (Phi) is 8.27. The van der Waals surface area contributed by atoms with Gasteiger partial charge in [0.1, 0.15) is 16.5 Å². The Morgan fingerprint density at radius 1 is 0.641 bits per heavy atom. The monoisotopic (exact) mass is 552 g/mol. The fourth-order valence-electron chi connectivity index (χ4n) is 4.89. The molecule has 1 aromatic heterocycles. The van der Waals surface area contributed by atoms with E-state index in [4.69, 9.17) is 5.10 Å². The van der Waals surface area contributed by atoms with Gasteiger partial charge in [-0.15, -0.1) is 0 Å². The second kappa shape index (κ2) is 10.4.